The van der Waals surface area contributed by atoms with Crippen molar-refractivity contribution in [1.82, 2.24) is 9.13 Å². The van der Waals surface area contributed by atoms with Crippen LogP contribution in [0.1, 0.15) is 16.7 Å². The van der Waals surface area contributed by atoms with Gasteiger partial charge < -0.3 is 13.6 Å². The minimum atomic E-state index is 0.488. The van der Waals surface area contributed by atoms with E-state index < -0.39 is 0 Å². The summed E-state index contributed by atoms with van der Waals surface area (Å²) in [4.78, 5) is 0. The summed E-state index contributed by atoms with van der Waals surface area (Å²) >= 11 is 0. The van der Waals surface area contributed by atoms with E-state index in [0.29, 0.717) is 16.7 Å². The summed E-state index contributed by atoms with van der Waals surface area (Å²) in [5.74, 6) is 0. The SMILES string of the molecule is N#Cc1cc(-c2ccccc2)cc(-c2ccc(-n3c4ccccc4c4c5c(c6ccccc6n5-c5cccc(C#N)c5)c5oc6ccccc6c5c43)c(C#N)c2)c1. The average molecular weight is 726 g/mol. The fraction of sp³-hybridized carbons (Fsp3) is 0. The lowest BCUT2D eigenvalue weighted by molar-refractivity contribution is 0.673. The second-order valence-electron chi connectivity index (χ2n) is 14.2. The van der Waals surface area contributed by atoms with Gasteiger partial charge >= 0.3 is 0 Å². The first-order valence-electron chi connectivity index (χ1n) is 18.6. The van der Waals surface area contributed by atoms with E-state index >= 15 is 0 Å². The van der Waals surface area contributed by atoms with Crippen molar-refractivity contribution in [1.29, 1.82) is 15.8 Å². The Morgan fingerprint density at radius 2 is 1.05 bits per heavy atom. The number of nitrogens with zero attached hydrogens (tertiary/aromatic N) is 5. The molecule has 0 bridgehead atoms. The van der Waals surface area contributed by atoms with Crippen molar-refractivity contribution >= 4 is 65.6 Å². The third-order valence-corrected chi connectivity index (χ3v) is 11.1. The molecule has 11 rings (SSSR count). The molecular formula is C51H27N5O. The fourth-order valence-electron chi connectivity index (χ4n) is 8.77. The first-order chi connectivity index (χ1) is 28.1. The molecule has 0 aliphatic heterocycles. The highest BCUT2D eigenvalue weighted by Crippen LogP contribution is 2.49. The Morgan fingerprint density at radius 3 is 1.81 bits per heavy atom. The third-order valence-electron chi connectivity index (χ3n) is 11.1. The molecule has 0 aliphatic rings. The molecule has 0 saturated heterocycles. The molecule has 0 fully saturated rings. The van der Waals surface area contributed by atoms with Crippen LogP contribution in [0, 0.1) is 34.0 Å². The Bertz CT molecular complexity index is 3620. The van der Waals surface area contributed by atoms with Gasteiger partial charge in [-0.1, -0.05) is 97.1 Å². The summed E-state index contributed by atoms with van der Waals surface area (Å²) in [6.07, 6.45) is 0. The Morgan fingerprint density at radius 1 is 0.421 bits per heavy atom. The van der Waals surface area contributed by atoms with Crippen LogP contribution < -0.4 is 0 Å². The molecule has 0 radical (unpaired) electrons. The summed E-state index contributed by atoms with van der Waals surface area (Å²) in [5.41, 5.74) is 12.2. The second kappa shape index (κ2) is 12.3. The van der Waals surface area contributed by atoms with Crippen molar-refractivity contribution in [2.45, 2.75) is 0 Å². The average Bonchev–Trinajstić information content (AvgIpc) is 3.94. The van der Waals surface area contributed by atoms with Gasteiger partial charge in [-0.3, -0.25) is 0 Å². The van der Waals surface area contributed by atoms with Crippen LogP contribution >= 0.6 is 0 Å². The Balaban J connectivity index is 1.29. The lowest BCUT2D eigenvalue weighted by atomic mass is 9.95. The Kier molecular flexibility index (Phi) is 6.95. The number of hydrogen-bond acceptors (Lipinski definition) is 4. The smallest absolute Gasteiger partial charge is 0.147 e. The number of para-hydroxylation sites is 3. The maximum Gasteiger partial charge on any atom is 0.147 e. The van der Waals surface area contributed by atoms with Crippen LogP contribution in [0.15, 0.2) is 168 Å². The number of aromatic nitrogens is 2. The van der Waals surface area contributed by atoms with Crippen molar-refractivity contribution in [3.05, 3.63) is 180 Å². The summed E-state index contributed by atoms with van der Waals surface area (Å²) in [7, 11) is 0. The van der Waals surface area contributed by atoms with E-state index in [1.54, 1.807) is 0 Å². The molecule has 8 aromatic carbocycles. The van der Waals surface area contributed by atoms with Gasteiger partial charge in [0.25, 0.3) is 0 Å². The molecule has 0 amide bonds. The van der Waals surface area contributed by atoms with Gasteiger partial charge in [-0.05, 0) is 89.0 Å². The fourth-order valence-corrected chi connectivity index (χ4v) is 8.77. The summed E-state index contributed by atoms with van der Waals surface area (Å²) < 4.78 is 11.4. The zero-order chi connectivity index (χ0) is 38.2. The van der Waals surface area contributed by atoms with E-state index in [1.165, 1.54) is 0 Å². The lowest BCUT2D eigenvalue weighted by Crippen LogP contribution is -1.99. The maximum atomic E-state index is 11.0. The Labute approximate surface area is 326 Å². The van der Waals surface area contributed by atoms with Crippen molar-refractivity contribution in [3.8, 4) is 51.8 Å². The van der Waals surface area contributed by atoms with Crippen LogP contribution in [0.2, 0.25) is 0 Å². The van der Waals surface area contributed by atoms with E-state index in [-0.39, 0.29) is 0 Å². The number of hydrogen-bond donors (Lipinski definition) is 0. The number of fused-ring (bicyclic) bond motifs is 12. The minimum absolute atomic E-state index is 0.488. The van der Waals surface area contributed by atoms with Crippen LogP contribution in [-0.2, 0) is 0 Å². The van der Waals surface area contributed by atoms with Gasteiger partial charge in [-0.15, -0.1) is 0 Å². The van der Waals surface area contributed by atoms with Gasteiger partial charge in [0.2, 0.25) is 0 Å². The first kappa shape index (κ1) is 32.1. The van der Waals surface area contributed by atoms with Crippen molar-refractivity contribution in [2.75, 3.05) is 0 Å². The quantitative estimate of drug-likeness (QED) is 0.180. The number of furan rings is 1. The summed E-state index contributed by atoms with van der Waals surface area (Å²) in [5, 5.41) is 36.9. The van der Waals surface area contributed by atoms with E-state index in [9.17, 15) is 15.8 Å². The molecular weight excluding hydrogens is 699 g/mol. The molecule has 0 unspecified atom stereocenters. The van der Waals surface area contributed by atoms with Crippen LogP contribution in [0.25, 0.3) is 99.2 Å². The van der Waals surface area contributed by atoms with E-state index in [0.717, 1.165) is 99.2 Å². The molecule has 262 valence electrons. The van der Waals surface area contributed by atoms with E-state index in [2.05, 4.69) is 75.9 Å². The van der Waals surface area contributed by atoms with E-state index in [4.69, 9.17) is 4.42 Å². The maximum absolute atomic E-state index is 11.0. The van der Waals surface area contributed by atoms with Crippen LogP contribution in [-0.4, -0.2) is 9.13 Å². The predicted molar refractivity (Wildman–Crippen MR) is 227 cm³/mol. The van der Waals surface area contributed by atoms with Gasteiger partial charge in [0.05, 0.1) is 67.4 Å². The third kappa shape index (κ3) is 4.68. The van der Waals surface area contributed by atoms with Gasteiger partial charge in [0, 0.05) is 27.2 Å². The normalized spacial score (nSPS) is 11.5. The number of nitriles is 3. The summed E-state index contributed by atoms with van der Waals surface area (Å²) in [6, 6.07) is 61.6. The van der Waals surface area contributed by atoms with Crippen molar-refractivity contribution in [2.24, 2.45) is 0 Å². The van der Waals surface area contributed by atoms with Gasteiger partial charge in [-0.25, -0.2) is 0 Å². The largest absolute Gasteiger partial charge is 0.455 e. The molecule has 0 saturated carbocycles. The highest BCUT2D eigenvalue weighted by Gasteiger charge is 2.28. The number of rotatable bonds is 4. The molecule has 3 heterocycles. The Hall–Kier alpha value is -8.37. The van der Waals surface area contributed by atoms with Crippen LogP contribution in [0.4, 0.5) is 0 Å². The second-order valence-corrected chi connectivity index (χ2v) is 14.2. The zero-order valence-electron chi connectivity index (χ0n) is 30.2. The molecule has 3 aromatic heterocycles. The molecule has 0 aliphatic carbocycles. The number of benzene rings is 8. The van der Waals surface area contributed by atoms with Crippen LogP contribution in [0.3, 0.4) is 0 Å². The molecule has 0 atom stereocenters. The molecule has 6 heteroatoms. The minimum Gasteiger partial charge on any atom is -0.455 e. The van der Waals surface area contributed by atoms with Gasteiger partial charge in [0.15, 0.2) is 0 Å². The molecule has 57 heavy (non-hydrogen) atoms. The van der Waals surface area contributed by atoms with E-state index in [1.807, 2.05) is 115 Å². The molecule has 6 nitrogen and oxygen atoms in total. The van der Waals surface area contributed by atoms with Crippen LogP contribution in [0.5, 0.6) is 0 Å². The monoisotopic (exact) mass is 725 g/mol. The zero-order valence-corrected chi connectivity index (χ0v) is 30.2. The predicted octanol–water partition coefficient (Wildman–Crippen LogP) is 12.7. The standard InChI is InChI=1S/C51H27N5O/c52-28-31-11-10-14-38(25-31)55-43-18-7-5-16-40(43)47-49(55)46-39-15-4-8-19-44(39)56(50(46)48-41-17-6-9-20-45(41)57-51(47)48)42-22-21-34(26-37(42)30-54)36-24-32(29-53)23-35(27-36)33-12-2-1-3-13-33/h1-27H. The molecule has 0 spiro atoms. The highest BCUT2D eigenvalue weighted by molar-refractivity contribution is 6.39. The topological polar surface area (TPSA) is 94.4 Å². The lowest BCUT2D eigenvalue weighted by Gasteiger charge is -2.14. The van der Waals surface area contributed by atoms with Crippen molar-refractivity contribution < 1.29 is 4.42 Å². The van der Waals surface area contributed by atoms with Crippen molar-refractivity contribution in [3.63, 3.8) is 0 Å². The van der Waals surface area contributed by atoms with Gasteiger partial charge in [-0.2, -0.15) is 15.8 Å². The molecule has 0 N–H and O–H groups in total. The molecule has 11 aromatic rings. The van der Waals surface area contributed by atoms with Gasteiger partial charge in [0.1, 0.15) is 17.2 Å². The highest BCUT2D eigenvalue weighted by atomic mass is 16.3. The first-order valence-corrected chi connectivity index (χ1v) is 18.6. The summed E-state index contributed by atoms with van der Waals surface area (Å²) in [6.45, 7) is 0.